The van der Waals surface area contributed by atoms with Gasteiger partial charge in [0, 0.05) is 0 Å². The summed E-state index contributed by atoms with van der Waals surface area (Å²) < 4.78 is 32.7. The van der Waals surface area contributed by atoms with E-state index in [-0.39, 0.29) is 10.9 Å². The van der Waals surface area contributed by atoms with Gasteiger partial charge in [0.2, 0.25) is 0 Å². The van der Waals surface area contributed by atoms with Gasteiger partial charge in [0.1, 0.15) is 11.1 Å². The van der Waals surface area contributed by atoms with Crippen molar-refractivity contribution < 1.29 is 17.2 Å². The minimum Gasteiger partial charge on any atom is -0.303 e. The van der Waals surface area contributed by atoms with Gasteiger partial charge in [-0.2, -0.15) is 13.0 Å². The molecule has 112 valence electrons. The molecule has 0 bridgehead atoms. The number of hydrogen-bond acceptors (Lipinski definition) is 4. The number of rotatable bonds is 4. The van der Waals surface area contributed by atoms with E-state index in [1.54, 1.807) is 32.2 Å². The molecule has 0 aliphatic carbocycles. The van der Waals surface area contributed by atoms with E-state index in [4.69, 9.17) is 10.0 Å². The van der Waals surface area contributed by atoms with Gasteiger partial charge in [0.25, 0.3) is 0 Å². The van der Waals surface area contributed by atoms with Gasteiger partial charge in [0.05, 0.1) is 6.20 Å². The maximum Gasteiger partial charge on any atom is 0.500 e. The molecule has 2 N–H and O–H groups in total. The van der Waals surface area contributed by atoms with Crippen LogP contribution in [0.3, 0.4) is 0 Å². The first kappa shape index (κ1) is 15.1. The third-order valence-corrected chi connectivity index (χ3v) is 4.58. The molecule has 2 rings (SSSR count). The van der Waals surface area contributed by atoms with Crippen LogP contribution in [0.4, 0.5) is 0 Å². The molecule has 1 aromatic heterocycles. The lowest BCUT2D eigenvalue weighted by molar-refractivity contribution is -0.572. The molecular formula is C14H18N3O3S+. The van der Waals surface area contributed by atoms with Gasteiger partial charge in [-0.1, -0.05) is 29.0 Å². The first-order chi connectivity index (χ1) is 9.76. The second kappa shape index (κ2) is 5.25. The maximum atomic E-state index is 12.5. The van der Waals surface area contributed by atoms with Crippen molar-refractivity contribution in [3.8, 4) is 6.01 Å². The van der Waals surface area contributed by atoms with Crippen LogP contribution in [-0.2, 0) is 10.1 Å². The molecule has 7 heteroatoms. The summed E-state index contributed by atoms with van der Waals surface area (Å²) in [6.07, 6.45) is 4.43. The molecule has 0 atom stereocenters. The summed E-state index contributed by atoms with van der Waals surface area (Å²) in [6, 6.07) is 3.56. The van der Waals surface area contributed by atoms with Gasteiger partial charge >= 0.3 is 16.1 Å². The van der Waals surface area contributed by atoms with Crippen LogP contribution in [0.2, 0.25) is 0 Å². The summed E-state index contributed by atoms with van der Waals surface area (Å²) >= 11 is 0. The molecule has 0 aliphatic rings. The molecule has 0 saturated heterocycles. The quantitative estimate of drug-likeness (QED) is 0.524. The molecule has 0 amide bonds. The Bertz CT molecular complexity index is 784. The highest BCUT2D eigenvalue weighted by Crippen LogP contribution is 2.24. The zero-order valence-electron chi connectivity index (χ0n) is 12.2. The monoisotopic (exact) mass is 308 g/mol. The van der Waals surface area contributed by atoms with Crippen molar-refractivity contribution in [2.45, 2.75) is 25.7 Å². The molecule has 2 aromatic rings. The lowest BCUT2D eigenvalue weighted by Gasteiger charge is -2.11. The summed E-state index contributed by atoms with van der Waals surface area (Å²) in [5, 5.41) is 0. The van der Waals surface area contributed by atoms with E-state index < -0.39 is 10.1 Å². The summed E-state index contributed by atoms with van der Waals surface area (Å²) in [5.41, 5.74) is 2.26. The number of nitrogens with zero attached hydrogens (tertiary/aromatic N) is 2. The fourth-order valence-corrected chi connectivity index (χ4v) is 3.69. The molecule has 0 aliphatic heterocycles. The fourth-order valence-electron chi connectivity index (χ4n) is 2.33. The van der Waals surface area contributed by atoms with E-state index >= 15 is 0 Å². The average molecular weight is 308 g/mol. The molecular weight excluding hydrogens is 290 g/mol. The third-order valence-electron chi connectivity index (χ3n) is 3.07. The highest BCUT2D eigenvalue weighted by Gasteiger charge is 2.28. The average Bonchev–Trinajstić information content (AvgIpc) is 2.68. The molecule has 1 heterocycles. The molecule has 21 heavy (non-hydrogen) atoms. The van der Waals surface area contributed by atoms with Crippen LogP contribution in [0.5, 0.6) is 6.01 Å². The standard InChI is InChI=1S/C14H18N3O3S/c1-5-16-6-7-17(15)14(16)20-21(18,19)13-11(3)8-10(2)9-12(13)4/h5-9H,1,15H2,2-4H3/q+1. The predicted octanol–water partition coefficient (Wildman–Crippen LogP) is 1.28. The van der Waals surface area contributed by atoms with Gasteiger partial charge in [0.15, 0.2) is 6.20 Å². The first-order valence-corrected chi connectivity index (χ1v) is 7.69. The number of hydrogen-bond donors (Lipinski definition) is 1. The van der Waals surface area contributed by atoms with Crippen LogP contribution in [0.15, 0.2) is 36.0 Å². The van der Waals surface area contributed by atoms with Crippen LogP contribution in [0.1, 0.15) is 16.7 Å². The van der Waals surface area contributed by atoms with Gasteiger partial charge in [-0.3, -0.25) is 5.84 Å². The second-order valence-corrected chi connectivity index (χ2v) is 6.33. The molecule has 0 saturated carbocycles. The van der Waals surface area contributed by atoms with E-state index in [0.717, 1.165) is 10.2 Å². The van der Waals surface area contributed by atoms with Crippen molar-refractivity contribution in [3.05, 3.63) is 47.8 Å². The van der Waals surface area contributed by atoms with E-state index in [9.17, 15) is 8.42 Å². The summed E-state index contributed by atoms with van der Waals surface area (Å²) in [6.45, 7) is 8.96. The Morgan fingerprint density at radius 2 is 1.86 bits per heavy atom. The number of aryl methyl sites for hydroxylation is 3. The lowest BCUT2D eigenvalue weighted by Crippen LogP contribution is -2.31. The smallest absolute Gasteiger partial charge is 0.303 e. The molecule has 0 radical (unpaired) electrons. The third kappa shape index (κ3) is 2.78. The van der Waals surface area contributed by atoms with Crippen molar-refractivity contribution in [1.29, 1.82) is 0 Å². The minimum atomic E-state index is -3.99. The van der Waals surface area contributed by atoms with Crippen molar-refractivity contribution >= 4 is 16.3 Å². The number of nitrogens with two attached hydrogens (primary N) is 1. The molecule has 0 unspecified atom stereocenters. The summed E-state index contributed by atoms with van der Waals surface area (Å²) in [7, 11) is -3.99. The summed E-state index contributed by atoms with van der Waals surface area (Å²) in [5.74, 6) is 5.66. The van der Waals surface area contributed by atoms with Crippen LogP contribution in [0, 0.1) is 20.8 Å². The Kier molecular flexibility index (Phi) is 3.78. The van der Waals surface area contributed by atoms with Gasteiger partial charge in [-0.25, -0.2) is 0 Å². The Labute approximate surface area is 124 Å². The highest BCUT2D eigenvalue weighted by molar-refractivity contribution is 7.87. The van der Waals surface area contributed by atoms with Gasteiger partial charge in [-0.05, 0) is 31.9 Å². The maximum absolute atomic E-state index is 12.5. The van der Waals surface area contributed by atoms with Gasteiger partial charge in [-0.15, -0.1) is 0 Å². The predicted molar refractivity (Wildman–Crippen MR) is 79.6 cm³/mol. The Hall–Kier alpha value is -2.28. The second-order valence-electron chi connectivity index (χ2n) is 4.84. The zero-order chi connectivity index (χ0) is 15.8. The Morgan fingerprint density at radius 3 is 2.38 bits per heavy atom. The van der Waals surface area contributed by atoms with Crippen molar-refractivity contribution in [2.24, 2.45) is 0 Å². The van der Waals surface area contributed by atoms with Crippen LogP contribution in [-0.4, -0.2) is 13.1 Å². The molecule has 6 nitrogen and oxygen atoms in total. The zero-order valence-corrected chi connectivity index (χ0v) is 13.0. The summed E-state index contributed by atoms with van der Waals surface area (Å²) in [4.78, 5) is 0.157. The van der Waals surface area contributed by atoms with Crippen molar-refractivity contribution in [2.75, 3.05) is 5.84 Å². The lowest BCUT2D eigenvalue weighted by atomic mass is 10.1. The van der Waals surface area contributed by atoms with Crippen molar-refractivity contribution in [3.63, 3.8) is 0 Å². The van der Waals surface area contributed by atoms with Crippen LogP contribution < -0.4 is 14.6 Å². The Balaban J connectivity index is 2.54. The molecule has 0 fully saturated rings. The van der Waals surface area contributed by atoms with Gasteiger partial charge < -0.3 is 4.18 Å². The normalized spacial score (nSPS) is 11.4. The number of imidazole rings is 1. The van der Waals surface area contributed by atoms with Crippen LogP contribution in [0.25, 0.3) is 6.20 Å². The molecule has 1 aromatic carbocycles. The fraction of sp³-hybridized carbons (Fsp3) is 0.214. The van der Waals surface area contributed by atoms with Crippen molar-refractivity contribution in [1.82, 2.24) is 4.68 Å². The SMILES string of the molecule is C=C[n+]1ccn(N)c1OS(=O)(=O)c1c(C)cc(C)cc1C. The molecule has 0 spiro atoms. The Morgan fingerprint density at radius 1 is 1.29 bits per heavy atom. The van der Waals surface area contributed by atoms with Crippen LogP contribution >= 0.6 is 0 Å². The number of nitrogen functional groups attached to an aromatic ring is 1. The topological polar surface area (TPSA) is 78.2 Å². The minimum absolute atomic E-state index is 0.0376. The van der Waals surface area contributed by atoms with E-state index in [2.05, 4.69) is 6.58 Å². The number of benzene rings is 1. The first-order valence-electron chi connectivity index (χ1n) is 6.28. The largest absolute Gasteiger partial charge is 0.500 e. The van der Waals surface area contributed by atoms with E-state index in [1.165, 1.54) is 17.0 Å². The highest BCUT2D eigenvalue weighted by atomic mass is 32.2. The van der Waals surface area contributed by atoms with E-state index in [0.29, 0.717) is 11.1 Å². The number of aromatic nitrogens is 2. The van der Waals surface area contributed by atoms with E-state index in [1.807, 2.05) is 6.92 Å².